The van der Waals surface area contributed by atoms with Gasteiger partial charge in [0.05, 0.1) is 13.2 Å². The second kappa shape index (κ2) is 46.3. The van der Waals surface area contributed by atoms with E-state index in [1.54, 1.807) is 0 Å². The number of carbonyl (C=O) groups excluding carboxylic acids is 2. The number of rotatable bonds is 48. The maximum atomic E-state index is 12.6. The van der Waals surface area contributed by atoms with Crippen molar-refractivity contribution in [1.82, 2.24) is 0 Å². The van der Waals surface area contributed by atoms with Crippen LogP contribution in [0.15, 0.2) is 12.2 Å². The van der Waals surface area contributed by atoms with Crippen LogP contribution in [-0.4, -0.2) is 49.3 Å². The molecule has 0 aliphatic carbocycles. The number of carbonyl (C=O) groups is 2. The maximum Gasteiger partial charge on any atom is 0.472 e. The Morgan fingerprint density at radius 3 is 1.20 bits per heavy atom. The molecule has 59 heavy (non-hydrogen) atoms. The van der Waals surface area contributed by atoms with E-state index in [0.717, 1.165) is 32.1 Å². The van der Waals surface area contributed by atoms with E-state index in [9.17, 15) is 19.0 Å². The Bertz CT molecular complexity index is 980. The third kappa shape index (κ3) is 46.1. The first kappa shape index (κ1) is 57.8. The summed E-state index contributed by atoms with van der Waals surface area (Å²) in [6.45, 7) is 3.78. The standard InChI is InChI=1S/C49H96NO8P/c1-3-5-7-9-11-13-15-17-19-21-23-25-27-29-31-33-35-37-39-41-48(51)55-45-47(46-57-59(53,54)56-44-43-50)58-49(52)42-40-38-36-34-32-30-28-26-24-22-20-18-16-14-12-10-8-6-4-2/h17,19,47H,3-16,18,20-46,50H2,1-2H3,(H,53,54). The summed E-state index contributed by atoms with van der Waals surface area (Å²) in [6, 6.07) is 0. The zero-order chi connectivity index (χ0) is 43.2. The van der Waals surface area contributed by atoms with Gasteiger partial charge in [-0.15, -0.1) is 0 Å². The molecular weight excluding hydrogens is 762 g/mol. The summed E-state index contributed by atoms with van der Waals surface area (Å²) in [5, 5.41) is 0. The van der Waals surface area contributed by atoms with Crippen molar-refractivity contribution in [1.29, 1.82) is 0 Å². The van der Waals surface area contributed by atoms with Gasteiger partial charge in [-0.1, -0.05) is 219 Å². The number of ether oxygens (including phenoxy) is 2. The fourth-order valence-corrected chi connectivity index (χ4v) is 8.16. The van der Waals surface area contributed by atoms with Crippen LogP contribution in [0.1, 0.15) is 258 Å². The Kier molecular flexibility index (Phi) is 45.3. The molecule has 0 aliphatic rings. The van der Waals surface area contributed by atoms with Crippen molar-refractivity contribution >= 4 is 19.8 Å². The van der Waals surface area contributed by atoms with Crippen LogP contribution >= 0.6 is 7.82 Å². The van der Waals surface area contributed by atoms with Crippen LogP contribution in [0.25, 0.3) is 0 Å². The number of esters is 2. The predicted octanol–water partition coefficient (Wildman–Crippen LogP) is 15.0. The lowest BCUT2D eigenvalue weighted by atomic mass is 10.0. The summed E-state index contributed by atoms with van der Waals surface area (Å²) >= 11 is 0. The molecule has 0 spiro atoms. The molecule has 0 heterocycles. The van der Waals surface area contributed by atoms with Crippen molar-refractivity contribution in [3.8, 4) is 0 Å². The second-order valence-electron chi connectivity index (χ2n) is 17.0. The summed E-state index contributed by atoms with van der Waals surface area (Å²) in [4.78, 5) is 35.0. The average Bonchev–Trinajstić information content (AvgIpc) is 3.22. The molecule has 10 heteroatoms. The van der Waals surface area contributed by atoms with Crippen molar-refractivity contribution < 1.29 is 37.6 Å². The summed E-state index contributed by atoms with van der Waals surface area (Å²) in [7, 11) is -4.38. The van der Waals surface area contributed by atoms with E-state index < -0.39 is 26.5 Å². The van der Waals surface area contributed by atoms with Gasteiger partial charge in [0.15, 0.2) is 6.10 Å². The molecule has 0 saturated carbocycles. The SMILES string of the molecule is CCCCCCCCC=CCCCCCCCCCCCC(=O)OCC(COP(=O)(O)OCCN)OC(=O)CCCCCCCCCCCCCCCCCCCCC. The van der Waals surface area contributed by atoms with Gasteiger partial charge in [-0.05, 0) is 38.5 Å². The second-order valence-corrected chi connectivity index (χ2v) is 18.5. The lowest BCUT2D eigenvalue weighted by molar-refractivity contribution is -0.161. The first-order valence-corrected chi connectivity index (χ1v) is 26.7. The molecule has 0 aromatic rings. The average molecular weight is 858 g/mol. The fourth-order valence-electron chi connectivity index (χ4n) is 7.40. The van der Waals surface area contributed by atoms with Crippen LogP contribution in [0, 0.1) is 0 Å². The first-order valence-electron chi connectivity index (χ1n) is 25.2. The van der Waals surface area contributed by atoms with E-state index >= 15 is 0 Å². The van der Waals surface area contributed by atoms with Gasteiger partial charge in [-0.3, -0.25) is 18.6 Å². The number of phosphoric ester groups is 1. The van der Waals surface area contributed by atoms with Gasteiger partial charge in [0, 0.05) is 19.4 Å². The highest BCUT2D eigenvalue weighted by atomic mass is 31.2. The Morgan fingerprint density at radius 2 is 0.831 bits per heavy atom. The number of hydrogen-bond acceptors (Lipinski definition) is 8. The topological polar surface area (TPSA) is 134 Å². The number of phosphoric acid groups is 1. The smallest absolute Gasteiger partial charge is 0.462 e. The third-order valence-electron chi connectivity index (χ3n) is 11.2. The number of hydrogen-bond donors (Lipinski definition) is 2. The van der Waals surface area contributed by atoms with E-state index in [1.807, 2.05) is 0 Å². The minimum atomic E-state index is -4.38. The van der Waals surface area contributed by atoms with Crippen LogP contribution < -0.4 is 5.73 Å². The molecule has 0 rings (SSSR count). The van der Waals surface area contributed by atoms with Crippen molar-refractivity contribution in [2.24, 2.45) is 5.73 Å². The van der Waals surface area contributed by atoms with Gasteiger partial charge < -0.3 is 20.1 Å². The van der Waals surface area contributed by atoms with Gasteiger partial charge in [-0.25, -0.2) is 4.57 Å². The van der Waals surface area contributed by atoms with E-state index in [2.05, 4.69) is 26.0 Å². The Morgan fingerprint density at radius 1 is 0.492 bits per heavy atom. The zero-order valence-electron chi connectivity index (χ0n) is 38.8. The van der Waals surface area contributed by atoms with Gasteiger partial charge in [-0.2, -0.15) is 0 Å². The highest BCUT2D eigenvalue weighted by Crippen LogP contribution is 2.43. The van der Waals surface area contributed by atoms with Crippen LogP contribution in [0.3, 0.4) is 0 Å². The minimum absolute atomic E-state index is 0.0564. The van der Waals surface area contributed by atoms with Crippen LogP contribution in [0.2, 0.25) is 0 Å². The molecule has 0 fully saturated rings. The van der Waals surface area contributed by atoms with E-state index in [4.69, 9.17) is 24.3 Å². The summed E-state index contributed by atoms with van der Waals surface area (Å²) in [5.41, 5.74) is 5.36. The molecule has 3 N–H and O–H groups in total. The molecule has 0 aliphatic heterocycles. The highest BCUT2D eigenvalue weighted by Gasteiger charge is 2.26. The van der Waals surface area contributed by atoms with Crippen LogP contribution in [-0.2, 0) is 32.7 Å². The fraction of sp³-hybridized carbons (Fsp3) is 0.918. The quantitative estimate of drug-likeness (QED) is 0.0265. The molecule has 2 atom stereocenters. The Balaban J connectivity index is 4.02. The molecule has 2 unspecified atom stereocenters. The highest BCUT2D eigenvalue weighted by molar-refractivity contribution is 7.47. The number of allylic oxidation sites excluding steroid dienone is 2. The van der Waals surface area contributed by atoms with Crippen molar-refractivity contribution in [2.45, 2.75) is 264 Å². The Hall–Kier alpha value is -1.25. The molecule has 0 saturated heterocycles. The first-order chi connectivity index (χ1) is 28.8. The van der Waals surface area contributed by atoms with Gasteiger partial charge >= 0.3 is 19.8 Å². The van der Waals surface area contributed by atoms with E-state index in [-0.39, 0.29) is 38.6 Å². The maximum absolute atomic E-state index is 12.6. The molecule has 0 bridgehead atoms. The molecule has 0 aromatic carbocycles. The number of unbranched alkanes of at least 4 members (excludes halogenated alkanes) is 33. The molecule has 9 nitrogen and oxygen atoms in total. The van der Waals surface area contributed by atoms with E-state index in [0.29, 0.717) is 6.42 Å². The van der Waals surface area contributed by atoms with Gasteiger partial charge in [0.25, 0.3) is 0 Å². The summed E-state index contributed by atoms with van der Waals surface area (Å²) < 4.78 is 32.9. The van der Waals surface area contributed by atoms with Crippen molar-refractivity contribution in [3.63, 3.8) is 0 Å². The largest absolute Gasteiger partial charge is 0.472 e. The lowest BCUT2D eigenvalue weighted by Gasteiger charge is -2.19. The normalized spacial score (nSPS) is 13.2. The molecule has 0 aromatic heterocycles. The molecule has 0 radical (unpaired) electrons. The zero-order valence-corrected chi connectivity index (χ0v) is 39.7. The molecule has 0 amide bonds. The van der Waals surface area contributed by atoms with Crippen LogP contribution in [0.4, 0.5) is 0 Å². The monoisotopic (exact) mass is 858 g/mol. The number of nitrogens with two attached hydrogens (primary N) is 1. The molecule has 350 valence electrons. The molecular formula is C49H96NO8P. The summed E-state index contributed by atoms with van der Waals surface area (Å²) in [5.74, 6) is -0.814. The van der Waals surface area contributed by atoms with Gasteiger partial charge in [0.2, 0.25) is 0 Å². The van der Waals surface area contributed by atoms with Crippen molar-refractivity contribution in [2.75, 3.05) is 26.4 Å². The van der Waals surface area contributed by atoms with Crippen molar-refractivity contribution in [3.05, 3.63) is 12.2 Å². The summed E-state index contributed by atoms with van der Waals surface area (Å²) in [6.07, 6.45) is 49.6. The minimum Gasteiger partial charge on any atom is -0.462 e. The lowest BCUT2D eigenvalue weighted by Crippen LogP contribution is -2.29. The van der Waals surface area contributed by atoms with Crippen LogP contribution in [0.5, 0.6) is 0 Å². The van der Waals surface area contributed by atoms with E-state index in [1.165, 1.54) is 193 Å². The third-order valence-corrected chi connectivity index (χ3v) is 12.1. The predicted molar refractivity (Wildman–Crippen MR) is 248 cm³/mol. The van der Waals surface area contributed by atoms with Gasteiger partial charge in [0.1, 0.15) is 6.61 Å². The Labute approximate surface area is 364 Å².